The number of rotatable bonds is 10. The van der Waals surface area contributed by atoms with Gasteiger partial charge in [-0.05, 0) is 35.4 Å². The Balaban J connectivity index is 1.81. The number of halogens is 1. The highest BCUT2D eigenvalue weighted by Crippen LogP contribution is 2.21. The summed E-state index contributed by atoms with van der Waals surface area (Å²) in [5.41, 5.74) is 2.00. The Morgan fingerprint density at radius 1 is 0.938 bits per heavy atom. The molecule has 3 aromatic carbocycles. The van der Waals surface area contributed by atoms with E-state index in [1.54, 1.807) is 23.7 Å². The molecule has 0 aliphatic carbocycles. The van der Waals surface area contributed by atoms with Gasteiger partial charge in [-0.1, -0.05) is 76.6 Å². The van der Waals surface area contributed by atoms with Gasteiger partial charge in [-0.2, -0.15) is 0 Å². The third-order valence-electron chi connectivity index (χ3n) is 5.09. The summed E-state index contributed by atoms with van der Waals surface area (Å²) < 4.78 is 0.946. The second kappa shape index (κ2) is 12.5. The molecule has 1 N–H and O–H groups in total. The summed E-state index contributed by atoms with van der Waals surface area (Å²) >= 11 is 5.15. The smallest absolute Gasteiger partial charge is 0.242 e. The first kappa shape index (κ1) is 24.1. The zero-order valence-electron chi connectivity index (χ0n) is 18.0. The summed E-state index contributed by atoms with van der Waals surface area (Å²) in [6.45, 7) is 0.374. The van der Waals surface area contributed by atoms with E-state index in [0.29, 0.717) is 25.1 Å². The molecule has 0 aliphatic rings. The van der Waals surface area contributed by atoms with Crippen LogP contribution >= 0.6 is 27.7 Å². The van der Waals surface area contributed by atoms with E-state index in [1.807, 2.05) is 84.9 Å². The molecule has 0 aliphatic heterocycles. The SMILES string of the molecule is CNC(=O)[C@H](Cc1ccccc1)N(Cc1cccc(Br)c1)C(=O)CCSc1ccccc1. The van der Waals surface area contributed by atoms with E-state index in [9.17, 15) is 9.59 Å². The Morgan fingerprint density at radius 3 is 2.25 bits per heavy atom. The molecule has 0 radical (unpaired) electrons. The molecule has 3 aromatic rings. The maximum Gasteiger partial charge on any atom is 0.242 e. The van der Waals surface area contributed by atoms with E-state index in [2.05, 4.69) is 21.2 Å². The van der Waals surface area contributed by atoms with E-state index in [1.165, 1.54) is 0 Å². The Morgan fingerprint density at radius 2 is 1.59 bits per heavy atom. The summed E-state index contributed by atoms with van der Waals surface area (Å²) in [5.74, 6) is 0.467. The number of nitrogens with zero attached hydrogens (tertiary/aromatic N) is 1. The van der Waals surface area contributed by atoms with Crippen molar-refractivity contribution in [3.05, 3.63) is 101 Å². The predicted molar refractivity (Wildman–Crippen MR) is 134 cm³/mol. The highest BCUT2D eigenvalue weighted by atomic mass is 79.9. The lowest BCUT2D eigenvalue weighted by atomic mass is 10.0. The van der Waals surface area contributed by atoms with E-state index in [4.69, 9.17) is 0 Å². The molecule has 0 fully saturated rings. The van der Waals surface area contributed by atoms with Crippen LogP contribution in [0.5, 0.6) is 0 Å². The van der Waals surface area contributed by atoms with Crippen LogP contribution in [0.1, 0.15) is 17.5 Å². The van der Waals surface area contributed by atoms with Crippen LogP contribution in [0, 0.1) is 0 Å². The molecule has 0 bridgehead atoms. The third-order valence-corrected chi connectivity index (χ3v) is 6.59. The van der Waals surface area contributed by atoms with E-state index >= 15 is 0 Å². The van der Waals surface area contributed by atoms with Crippen LogP contribution in [0.3, 0.4) is 0 Å². The highest BCUT2D eigenvalue weighted by Gasteiger charge is 2.29. The van der Waals surface area contributed by atoms with Gasteiger partial charge in [-0.15, -0.1) is 11.8 Å². The normalized spacial score (nSPS) is 11.6. The van der Waals surface area contributed by atoms with E-state index < -0.39 is 6.04 Å². The van der Waals surface area contributed by atoms with Crippen LogP contribution in [0.15, 0.2) is 94.3 Å². The number of hydrogen-bond donors (Lipinski definition) is 1. The Labute approximate surface area is 202 Å². The van der Waals surface area contributed by atoms with Crippen LogP contribution in [0.4, 0.5) is 0 Å². The fourth-order valence-electron chi connectivity index (χ4n) is 3.47. The molecule has 1 atom stereocenters. The van der Waals surface area contributed by atoms with Crippen molar-refractivity contribution in [2.75, 3.05) is 12.8 Å². The summed E-state index contributed by atoms with van der Waals surface area (Å²) in [4.78, 5) is 29.1. The molecule has 2 amide bonds. The summed E-state index contributed by atoms with van der Waals surface area (Å²) in [6.07, 6.45) is 0.821. The summed E-state index contributed by atoms with van der Waals surface area (Å²) in [6, 6.07) is 27.1. The number of carbonyl (C=O) groups is 2. The maximum absolute atomic E-state index is 13.4. The minimum absolute atomic E-state index is 0.0297. The van der Waals surface area contributed by atoms with Gasteiger partial charge in [0, 0.05) is 41.6 Å². The van der Waals surface area contributed by atoms with Gasteiger partial charge in [-0.25, -0.2) is 0 Å². The molecule has 166 valence electrons. The summed E-state index contributed by atoms with van der Waals surface area (Å²) in [7, 11) is 1.62. The monoisotopic (exact) mass is 510 g/mol. The molecule has 0 aromatic heterocycles. The first-order valence-electron chi connectivity index (χ1n) is 10.5. The topological polar surface area (TPSA) is 49.4 Å². The van der Waals surface area contributed by atoms with Crippen molar-refractivity contribution in [2.45, 2.75) is 30.3 Å². The van der Waals surface area contributed by atoms with Crippen molar-refractivity contribution in [2.24, 2.45) is 0 Å². The average molecular weight is 511 g/mol. The number of nitrogens with one attached hydrogen (secondary N) is 1. The second-order valence-electron chi connectivity index (χ2n) is 7.38. The molecular formula is C26H27BrN2O2S. The fourth-order valence-corrected chi connectivity index (χ4v) is 4.78. The number of carbonyl (C=O) groups excluding carboxylic acids is 2. The van der Waals surface area contributed by atoms with Gasteiger partial charge in [-0.3, -0.25) is 9.59 Å². The van der Waals surface area contributed by atoms with Crippen LogP contribution in [0.25, 0.3) is 0 Å². The highest BCUT2D eigenvalue weighted by molar-refractivity contribution is 9.10. The van der Waals surface area contributed by atoms with Crippen LogP contribution in [-0.4, -0.2) is 35.6 Å². The first-order valence-corrected chi connectivity index (χ1v) is 12.3. The molecule has 0 saturated carbocycles. The molecule has 4 nitrogen and oxygen atoms in total. The minimum Gasteiger partial charge on any atom is -0.357 e. The number of benzene rings is 3. The van der Waals surface area contributed by atoms with E-state index in [0.717, 1.165) is 20.5 Å². The van der Waals surface area contributed by atoms with Crippen molar-refractivity contribution >= 4 is 39.5 Å². The van der Waals surface area contributed by atoms with Gasteiger partial charge in [0.25, 0.3) is 0 Å². The van der Waals surface area contributed by atoms with Crippen molar-refractivity contribution < 1.29 is 9.59 Å². The second-order valence-corrected chi connectivity index (χ2v) is 9.47. The standard InChI is InChI=1S/C26H27BrN2O2S/c1-28-26(31)24(18-20-9-4-2-5-10-20)29(19-21-11-8-12-22(27)17-21)25(30)15-16-32-23-13-6-3-7-14-23/h2-14,17,24H,15-16,18-19H2,1H3,(H,28,31)/t24-/m0/s1. The first-order chi connectivity index (χ1) is 15.6. The fraction of sp³-hybridized carbons (Fsp3) is 0.231. The number of likely N-dealkylation sites (N-methyl/N-ethyl adjacent to an activating group) is 1. The molecule has 0 unspecified atom stereocenters. The van der Waals surface area contributed by atoms with Crippen molar-refractivity contribution in [3.8, 4) is 0 Å². The van der Waals surface area contributed by atoms with Gasteiger partial charge >= 0.3 is 0 Å². The van der Waals surface area contributed by atoms with Crippen molar-refractivity contribution in [1.82, 2.24) is 10.2 Å². The molecule has 0 saturated heterocycles. The lowest BCUT2D eigenvalue weighted by Crippen LogP contribution is -2.49. The minimum atomic E-state index is -0.587. The quantitative estimate of drug-likeness (QED) is 0.375. The lowest BCUT2D eigenvalue weighted by molar-refractivity contribution is -0.140. The largest absolute Gasteiger partial charge is 0.357 e. The molecular weight excluding hydrogens is 484 g/mol. The molecule has 32 heavy (non-hydrogen) atoms. The molecule has 0 heterocycles. The lowest BCUT2D eigenvalue weighted by Gasteiger charge is -2.31. The van der Waals surface area contributed by atoms with Gasteiger partial charge in [0.1, 0.15) is 6.04 Å². The van der Waals surface area contributed by atoms with Crippen LogP contribution in [0.2, 0.25) is 0 Å². The zero-order valence-corrected chi connectivity index (χ0v) is 20.4. The van der Waals surface area contributed by atoms with Crippen molar-refractivity contribution in [1.29, 1.82) is 0 Å². The Bertz CT molecular complexity index is 1010. The van der Waals surface area contributed by atoms with Gasteiger partial charge in [0.15, 0.2) is 0 Å². The van der Waals surface area contributed by atoms with Crippen LogP contribution < -0.4 is 5.32 Å². The number of thioether (sulfide) groups is 1. The number of hydrogen-bond acceptors (Lipinski definition) is 3. The van der Waals surface area contributed by atoms with Gasteiger partial charge in [0.2, 0.25) is 11.8 Å². The molecule has 0 spiro atoms. The summed E-state index contributed by atoms with van der Waals surface area (Å²) in [5, 5.41) is 2.75. The van der Waals surface area contributed by atoms with E-state index in [-0.39, 0.29) is 11.8 Å². The zero-order chi connectivity index (χ0) is 22.8. The average Bonchev–Trinajstić information content (AvgIpc) is 2.82. The Kier molecular flexibility index (Phi) is 9.38. The maximum atomic E-state index is 13.4. The Hall–Kier alpha value is -2.57. The number of amides is 2. The van der Waals surface area contributed by atoms with Gasteiger partial charge < -0.3 is 10.2 Å². The van der Waals surface area contributed by atoms with Crippen molar-refractivity contribution in [3.63, 3.8) is 0 Å². The third kappa shape index (κ3) is 7.24. The molecule has 6 heteroatoms. The van der Waals surface area contributed by atoms with Gasteiger partial charge in [0.05, 0.1) is 0 Å². The molecule has 3 rings (SSSR count). The predicted octanol–water partition coefficient (Wildman–Crippen LogP) is 5.32. The van der Waals surface area contributed by atoms with Crippen LogP contribution in [-0.2, 0) is 22.6 Å².